The molecule has 0 bridgehead atoms. The van der Waals surface area contributed by atoms with Gasteiger partial charge in [-0.15, -0.1) is 0 Å². The van der Waals surface area contributed by atoms with Crippen LogP contribution in [0.3, 0.4) is 0 Å². The number of likely N-dealkylation sites (tertiary alicyclic amines) is 1. The van der Waals surface area contributed by atoms with Gasteiger partial charge in [-0.1, -0.05) is 6.92 Å². The molecule has 1 heterocycles. The van der Waals surface area contributed by atoms with Crippen molar-refractivity contribution in [2.45, 2.75) is 45.6 Å². The van der Waals surface area contributed by atoms with E-state index in [1.165, 1.54) is 4.90 Å². The molecule has 1 fully saturated rings. The van der Waals surface area contributed by atoms with Gasteiger partial charge in [0.1, 0.15) is 6.04 Å². The number of nitrogens with zero attached hydrogens (tertiary/aromatic N) is 1. The largest absolute Gasteiger partial charge is 0.481 e. The second kappa shape index (κ2) is 7.11. The molecule has 1 aliphatic heterocycles. The Hall–Kier alpha value is -1.59. The molecule has 1 amide bonds. The lowest BCUT2D eigenvalue weighted by Crippen LogP contribution is -2.42. The maximum atomic E-state index is 12.1. The van der Waals surface area contributed by atoms with Crippen LogP contribution in [0.1, 0.15) is 39.5 Å². The number of ether oxygens (including phenoxy) is 1. The molecule has 1 aliphatic rings. The molecule has 0 spiro atoms. The normalized spacial score (nSPS) is 20.1. The number of aliphatic carboxylic acids is 1. The van der Waals surface area contributed by atoms with Crippen LogP contribution in [0, 0.1) is 5.92 Å². The van der Waals surface area contributed by atoms with Crippen LogP contribution in [0.25, 0.3) is 0 Å². The number of amides is 1. The summed E-state index contributed by atoms with van der Waals surface area (Å²) in [7, 11) is 0. The summed E-state index contributed by atoms with van der Waals surface area (Å²) in [4.78, 5) is 35.9. The Morgan fingerprint density at radius 1 is 1.37 bits per heavy atom. The van der Waals surface area contributed by atoms with E-state index in [9.17, 15) is 14.4 Å². The third-order valence-electron chi connectivity index (χ3n) is 3.18. The Labute approximate surface area is 112 Å². The molecule has 0 radical (unpaired) electrons. The van der Waals surface area contributed by atoms with Gasteiger partial charge in [-0.05, 0) is 25.7 Å². The molecule has 0 aromatic heterocycles. The van der Waals surface area contributed by atoms with E-state index in [1.807, 2.05) is 0 Å². The van der Waals surface area contributed by atoms with Crippen molar-refractivity contribution in [1.82, 2.24) is 4.90 Å². The smallest absolute Gasteiger partial charge is 0.328 e. The van der Waals surface area contributed by atoms with E-state index in [-0.39, 0.29) is 30.6 Å². The number of carbonyl (C=O) groups excluding carboxylic acids is 2. The van der Waals surface area contributed by atoms with Crippen LogP contribution in [0.2, 0.25) is 0 Å². The van der Waals surface area contributed by atoms with Gasteiger partial charge in [0.05, 0.1) is 6.61 Å². The van der Waals surface area contributed by atoms with Crippen LogP contribution in [0.4, 0.5) is 0 Å². The maximum absolute atomic E-state index is 12.1. The molecule has 1 rings (SSSR count). The molecule has 6 nitrogen and oxygen atoms in total. The van der Waals surface area contributed by atoms with E-state index < -0.39 is 12.0 Å². The standard InChI is InChI=1S/C13H21NO5/c1-3-19-13(18)10-5-4-6-14(10)11(15)7-9(2)8-12(16)17/h9-10H,3-8H2,1-2H3,(H,16,17). The first kappa shape index (κ1) is 15.5. The van der Waals surface area contributed by atoms with Crippen molar-refractivity contribution in [2.24, 2.45) is 5.92 Å². The monoisotopic (exact) mass is 271 g/mol. The van der Waals surface area contributed by atoms with Crippen molar-refractivity contribution in [2.75, 3.05) is 13.2 Å². The second-order valence-electron chi connectivity index (χ2n) is 4.90. The summed E-state index contributed by atoms with van der Waals surface area (Å²) in [5, 5.41) is 8.67. The summed E-state index contributed by atoms with van der Waals surface area (Å²) in [6.45, 7) is 4.30. The highest BCUT2D eigenvalue weighted by Gasteiger charge is 2.35. The molecular weight excluding hydrogens is 250 g/mol. The van der Waals surface area contributed by atoms with Crippen LogP contribution in [-0.4, -0.2) is 47.0 Å². The van der Waals surface area contributed by atoms with E-state index in [0.717, 1.165) is 6.42 Å². The molecular formula is C13H21NO5. The van der Waals surface area contributed by atoms with Gasteiger partial charge >= 0.3 is 11.9 Å². The van der Waals surface area contributed by atoms with Crippen LogP contribution >= 0.6 is 0 Å². The lowest BCUT2D eigenvalue weighted by atomic mass is 10.0. The zero-order valence-corrected chi connectivity index (χ0v) is 11.4. The Kier molecular flexibility index (Phi) is 5.79. The number of carbonyl (C=O) groups is 3. The molecule has 0 aromatic carbocycles. The number of hydrogen-bond acceptors (Lipinski definition) is 4. The Bertz CT molecular complexity index is 355. The Morgan fingerprint density at radius 3 is 2.63 bits per heavy atom. The fraction of sp³-hybridized carbons (Fsp3) is 0.769. The molecule has 2 atom stereocenters. The minimum absolute atomic E-state index is 0.0380. The Balaban J connectivity index is 2.55. The number of carboxylic acids is 1. The lowest BCUT2D eigenvalue weighted by molar-refractivity contribution is -0.153. The van der Waals surface area contributed by atoms with Gasteiger partial charge in [0.25, 0.3) is 0 Å². The van der Waals surface area contributed by atoms with E-state index >= 15 is 0 Å². The van der Waals surface area contributed by atoms with Gasteiger partial charge in [-0.25, -0.2) is 4.79 Å². The van der Waals surface area contributed by atoms with Crippen molar-refractivity contribution in [1.29, 1.82) is 0 Å². The molecule has 108 valence electrons. The molecule has 0 aliphatic carbocycles. The molecule has 0 saturated carbocycles. The minimum atomic E-state index is -0.913. The van der Waals surface area contributed by atoms with Gasteiger partial charge in [0, 0.05) is 19.4 Å². The van der Waals surface area contributed by atoms with Crippen molar-refractivity contribution < 1.29 is 24.2 Å². The van der Waals surface area contributed by atoms with E-state index in [2.05, 4.69) is 0 Å². The molecule has 1 N–H and O–H groups in total. The van der Waals surface area contributed by atoms with Gasteiger partial charge in [0.2, 0.25) is 5.91 Å². The predicted octanol–water partition coefficient (Wildman–Crippen LogP) is 1.04. The van der Waals surface area contributed by atoms with Crippen molar-refractivity contribution in [3.63, 3.8) is 0 Å². The van der Waals surface area contributed by atoms with E-state index in [0.29, 0.717) is 19.6 Å². The highest BCUT2D eigenvalue weighted by molar-refractivity contribution is 5.85. The first-order chi connectivity index (χ1) is 8.95. The summed E-state index contributed by atoms with van der Waals surface area (Å²) in [6, 6.07) is -0.496. The topological polar surface area (TPSA) is 83.9 Å². The second-order valence-corrected chi connectivity index (χ2v) is 4.90. The number of carboxylic acid groups (broad SMARTS) is 1. The summed E-state index contributed by atoms with van der Waals surface area (Å²) >= 11 is 0. The SMILES string of the molecule is CCOC(=O)C1CCCN1C(=O)CC(C)CC(=O)O. The minimum Gasteiger partial charge on any atom is -0.481 e. The summed E-state index contributed by atoms with van der Waals surface area (Å²) in [5.74, 6) is -1.67. The van der Waals surface area contributed by atoms with Crippen molar-refractivity contribution in [3.8, 4) is 0 Å². The van der Waals surface area contributed by atoms with Crippen LogP contribution in [-0.2, 0) is 19.1 Å². The lowest BCUT2D eigenvalue weighted by Gasteiger charge is -2.24. The van der Waals surface area contributed by atoms with Gasteiger partial charge in [-0.3, -0.25) is 9.59 Å². The Morgan fingerprint density at radius 2 is 2.05 bits per heavy atom. The third kappa shape index (κ3) is 4.54. The highest BCUT2D eigenvalue weighted by atomic mass is 16.5. The van der Waals surface area contributed by atoms with Crippen LogP contribution in [0.5, 0.6) is 0 Å². The van der Waals surface area contributed by atoms with E-state index in [4.69, 9.17) is 9.84 Å². The fourth-order valence-corrected chi connectivity index (χ4v) is 2.33. The molecule has 19 heavy (non-hydrogen) atoms. The van der Waals surface area contributed by atoms with Crippen LogP contribution in [0.15, 0.2) is 0 Å². The quantitative estimate of drug-likeness (QED) is 0.730. The number of rotatable bonds is 6. The van der Waals surface area contributed by atoms with Crippen molar-refractivity contribution >= 4 is 17.8 Å². The first-order valence-electron chi connectivity index (χ1n) is 6.63. The van der Waals surface area contributed by atoms with Crippen molar-refractivity contribution in [3.05, 3.63) is 0 Å². The first-order valence-corrected chi connectivity index (χ1v) is 6.63. The fourth-order valence-electron chi connectivity index (χ4n) is 2.33. The summed E-state index contributed by atoms with van der Waals surface area (Å²) < 4.78 is 4.95. The third-order valence-corrected chi connectivity index (χ3v) is 3.18. The number of hydrogen-bond donors (Lipinski definition) is 1. The molecule has 6 heteroatoms. The average molecular weight is 271 g/mol. The average Bonchev–Trinajstić information content (AvgIpc) is 2.76. The summed E-state index contributed by atoms with van der Waals surface area (Å²) in [6.07, 6.45) is 1.52. The number of esters is 1. The van der Waals surface area contributed by atoms with Crippen LogP contribution < -0.4 is 0 Å². The van der Waals surface area contributed by atoms with E-state index in [1.54, 1.807) is 13.8 Å². The predicted molar refractivity (Wildman–Crippen MR) is 67.4 cm³/mol. The molecule has 1 saturated heterocycles. The zero-order valence-electron chi connectivity index (χ0n) is 11.4. The van der Waals surface area contributed by atoms with Gasteiger partial charge in [0.15, 0.2) is 0 Å². The van der Waals surface area contributed by atoms with Gasteiger partial charge < -0.3 is 14.7 Å². The van der Waals surface area contributed by atoms with Gasteiger partial charge in [-0.2, -0.15) is 0 Å². The molecule has 0 aromatic rings. The molecule has 2 unspecified atom stereocenters. The maximum Gasteiger partial charge on any atom is 0.328 e. The summed E-state index contributed by atoms with van der Waals surface area (Å²) in [5.41, 5.74) is 0. The zero-order chi connectivity index (χ0) is 14.4. The highest BCUT2D eigenvalue weighted by Crippen LogP contribution is 2.21.